The van der Waals surface area contributed by atoms with Crippen molar-refractivity contribution in [2.24, 2.45) is 0 Å². The molecule has 1 fully saturated rings. The van der Waals surface area contributed by atoms with E-state index in [1.54, 1.807) is 0 Å². The molecule has 0 unspecified atom stereocenters. The Labute approximate surface area is 232 Å². The number of benzene rings is 3. The fraction of sp³-hybridized carbons (Fsp3) is 0.214. The maximum absolute atomic E-state index is 14.4. The van der Waals surface area contributed by atoms with E-state index in [2.05, 4.69) is 15.7 Å². The van der Waals surface area contributed by atoms with Gasteiger partial charge in [-0.05, 0) is 49.2 Å². The van der Waals surface area contributed by atoms with E-state index in [1.807, 2.05) is 0 Å². The Balaban J connectivity index is 1.38. The first kappa shape index (κ1) is 27.3. The van der Waals surface area contributed by atoms with Crippen LogP contribution in [0, 0.1) is 0 Å². The molecule has 0 radical (unpaired) electrons. The molecule has 8 nitrogen and oxygen atoms in total. The zero-order valence-electron chi connectivity index (χ0n) is 21.4. The molecule has 0 aliphatic carbocycles. The van der Waals surface area contributed by atoms with Gasteiger partial charge >= 0.3 is 12.4 Å². The number of alkyl halides is 6. The second-order valence-electron chi connectivity index (χ2n) is 9.84. The van der Waals surface area contributed by atoms with E-state index >= 15 is 0 Å². The molecule has 1 aromatic heterocycles. The molecule has 0 atom stereocenters. The van der Waals surface area contributed by atoms with Crippen LogP contribution < -0.4 is 10.6 Å². The molecule has 1 saturated heterocycles. The van der Waals surface area contributed by atoms with Crippen LogP contribution in [0.2, 0.25) is 0 Å². The summed E-state index contributed by atoms with van der Waals surface area (Å²) in [6.07, 6.45) is -8.09. The number of likely N-dealkylation sites (tertiary alicyclic amines) is 1. The van der Waals surface area contributed by atoms with Gasteiger partial charge in [-0.25, -0.2) is 4.68 Å². The van der Waals surface area contributed by atoms with Gasteiger partial charge in [-0.2, -0.15) is 31.4 Å². The Kier molecular flexibility index (Phi) is 6.24. The molecule has 2 aliphatic heterocycles. The SMILES string of the molecule is O=C(Nc1ccc(C(=O)N2CCCC2)c(C(F)(F)F)c1)c1cnn(-c2ccc3c4c(cccc24)C(=O)N3)c1C(F)(F)F. The molecule has 3 amide bonds. The van der Waals surface area contributed by atoms with Crippen molar-refractivity contribution in [1.29, 1.82) is 0 Å². The van der Waals surface area contributed by atoms with Crippen molar-refractivity contribution >= 4 is 39.9 Å². The van der Waals surface area contributed by atoms with Crippen LogP contribution in [0.3, 0.4) is 0 Å². The van der Waals surface area contributed by atoms with Gasteiger partial charge in [-0.3, -0.25) is 14.4 Å². The van der Waals surface area contributed by atoms with E-state index < -0.39 is 58.1 Å². The molecule has 14 heteroatoms. The number of nitrogens with zero attached hydrogens (tertiary/aromatic N) is 3. The monoisotopic (exact) mass is 587 g/mol. The zero-order chi connectivity index (χ0) is 30.0. The predicted octanol–water partition coefficient (Wildman–Crippen LogP) is 6.12. The van der Waals surface area contributed by atoms with Crippen LogP contribution in [0.25, 0.3) is 16.5 Å². The van der Waals surface area contributed by atoms with Gasteiger partial charge < -0.3 is 15.5 Å². The first-order valence-electron chi connectivity index (χ1n) is 12.7. The summed E-state index contributed by atoms with van der Waals surface area (Å²) in [6, 6.07) is 9.69. The third-order valence-electron chi connectivity index (χ3n) is 7.23. The van der Waals surface area contributed by atoms with Gasteiger partial charge in [-0.1, -0.05) is 12.1 Å². The topological polar surface area (TPSA) is 96.3 Å². The lowest BCUT2D eigenvalue weighted by molar-refractivity contribution is -0.143. The third kappa shape index (κ3) is 4.52. The van der Waals surface area contributed by atoms with Gasteiger partial charge in [0.15, 0.2) is 5.69 Å². The molecular weight excluding hydrogens is 568 g/mol. The lowest BCUT2D eigenvalue weighted by atomic mass is 10.0. The van der Waals surface area contributed by atoms with Gasteiger partial charge in [0.25, 0.3) is 17.7 Å². The fourth-order valence-corrected chi connectivity index (χ4v) is 5.36. The van der Waals surface area contributed by atoms with Crippen LogP contribution in [-0.4, -0.2) is 45.5 Å². The van der Waals surface area contributed by atoms with E-state index in [1.165, 1.54) is 35.2 Å². The number of hydrogen-bond donors (Lipinski definition) is 2. The van der Waals surface area contributed by atoms with E-state index in [0.29, 0.717) is 53.9 Å². The highest BCUT2D eigenvalue weighted by Gasteiger charge is 2.42. The molecule has 2 aliphatic rings. The Morgan fingerprint density at radius 2 is 1.64 bits per heavy atom. The molecule has 3 aromatic carbocycles. The summed E-state index contributed by atoms with van der Waals surface area (Å²) in [6.45, 7) is 0.621. The van der Waals surface area contributed by atoms with Crippen LogP contribution in [0.5, 0.6) is 0 Å². The third-order valence-corrected chi connectivity index (χ3v) is 7.23. The molecule has 4 aromatic rings. The number of anilines is 2. The Hall–Kier alpha value is -4.88. The molecule has 42 heavy (non-hydrogen) atoms. The highest BCUT2D eigenvalue weighted by atomic mass is 19.4. The Morgan fingerprint density at radius 3 is 2.33 bits per heavy atom. The highest BCUT2D eigenvalue weighted by Crippen LogP contribution is 2.40. The zero-order valence-corrected chi connectivity index (χ0v) is 21.4. The smallest absolute Gasteiger partial charge is 0.339 e. The summed E-state index contributed by atoms with van der Waals surface area (Å²) in [5.74, 6) is -2.60. The fourth-order valence-electron chi connectivity index (χ4n) is 5.36. The number of nitrogens with one attached hydrogen (secondary N) is 2. The number of aromatic nitrogens is 2. The van der Waals surface area contributed by atoms with E-state index in [4.69, 9.17) is 0 Å². The second-order valence-corrected chi connectivity index (χ2v) is 9.84. The van der Waals surface area contributed by atoms with Gasteiger partial charge in [0, 0.05) is 40.8 Å². The number of carbonyl (C=O) groups excluding carboxylic acids is 3. The van der Waals surface area contributed by atoms with Crippen molar-refractivity contribution < 1.29 is 40.7 Å². The van der Waals surface area contributed by atoms with Crippen LogP contribution in [-0.2, 0) is 12.4 Å². The van der Waals surface area contributed by atoms with Crippen molar-refractivity contribution in [2.45, 2.75) is 25.2 Å². The Morgan fingerprint density at radius 1 is 0.905 bits per heavy atom. The predicted molar refractivity (Wildman–Crippen MR) is 139 cm³/mol. The van der Waals surface area contributed by atoms with E-state index in [0.717, 1.165) is 12.1 Å². The van der Waals surface area contributed by atoms with E-state index in [9.17, 15) is 40.7 Å². The summed E-state index contributed by atoms with van der Waals surface area (Å²) in [5, 5.41) is 9.16. The van der Waals surface area contributed by atoms with Crippen molar-refractivity contribution in [2.75, 3.05) is 23.7 Å². The minimum atomic E-state index is -5.11. The minimum absolute atomic E-state index is 0.0670. The maximum Gasteiger partial charge on any atom is 0.434 e. The van der Waals surface area contributed by atoms with E-state index in [-0.39, 0.29) is 16.6 Å². The lowest BCUT2D eigenvalue weighted by Crippen LogP contribution is -2.30. The number of hydrogen-bond acceptors (Lipinski definition) is 4. The first-order valence-corrected chi connectivity index (χ1v) is 12.7. The molecule has 0 saturated carbocycles. The van der Waals surface area contributed by atoms with Crippen molar-refractivity contribution in [3.63, 3.8) is 0 Å². The summed E-state index contributed by atoms with van der Waals surface area (Å²) < 4.78 is 85.3. The van der Waals surface area contributed by atoms with Gasteiger partial charge in [-0.15, -0.1) is 0 Å². The van der Waals surface area contributed by atoms with Crippen molar-refractivity contribution in [1.82, 2.24) is 14.7 Å². The number of carbonyl (C=O) groups is 3. The molecule has 6 rings (SSSR count). The summed E-state index contributed by atoms with van der Waals surface area (Å²) in [4.78, 5) is 39.3. The standard InChI is InChI=1S/C28H19F6N5O3/c29-27(30,31)19-12-14(6-7-15(19)26(42)38-10-1-2-11-38)36-25(41)18-13-35-39(23(18)28(32,33)34)21-9-8-20-22-16(21)4-3-5-17(22)24(40)37-20/h3-9,12-13H,1-2,10-11H2,(H,36,41)(H,37,40). The summed E-state index contributed by atoms with van der Waals surface area (Å²) in [5.41, 5.74) is -4.20. The minimum Gasteiger partial charge on any atom is -0.339 e. The van der Waals surface area contributed by atoms with Gasteiger partial charge in [0.1, 0.15) is 0 Å². The van der Waals surface area contributed by atoms with Crippen LogP contribution in [0.1, 0.15) is 55.2 Å². The normalized spacial score (nSPS) is 14.9. The maximum atomic E-state index is 14.4. The first-order chi connectivity index (χ1) is 19.8. The summed E-state index contributed by atoms with van der Waals surface area (Å²) in [7, 11) is 0. The molecule has 3 heterocycles. The second kappa shape index (κ2) is 9.60. The van der Waals surface area contributed by atoms with Gasteiger partial charge in [0.05, 0.1) is 28.6 Å². The van der Waals surface area contributed by atoms with Crippen molar-refractivity contribution in [3.05, 3.63) is 82.7 Å². The largest absolute Gasteiger partial charge is 0.434 e. The average Bonchev–Trinajstić information content (AvgIpc) is 3.68. The molecule has 0 bridgehead atoms. The Bertz CT molecular complexity index is 1790. The van der Waals surface area contributed by atoms with Gasteiger partial charge in [0.2, 0.25) is 0 Å². The molecule has 2 N–H and O–H groups in total. The number of rotatable bonds is 4. The van der Waals surface area contributed by atoms with Crippen LogP contribution >= 0.6 is 0 Å². The highest BCUT2D eigenvalue weighted by molar-refractivity contribution is 6.25. The van der Waals surface area contributed by atoms with Crippen molar-refractivity contribution in [3.8, 4) is 5.69 Å². The molecule has 216 valence electrons. The molecule has 0 spiro atoms. The average molecular weight is 587 g/mol. The number of halogens is 6. The number of amides is 3. The molecular formula is C28H19F6N5O3. The van der Waals surface area contributed by atoms with Crippen LogP contribution in [0.4, 0.5) is 37.7 Å². The summed E-state index contributed by atoms with van der Waals surface area (Å²) >= 11 is 0. The van der Waals surface area contributed by atoms with Crippen LogP contribution in [0.15, 0.2) is 54.7 Å². The lowest BCUT2D eigenvalue weighted by Gasteiger charge is -2.20. The quantitative estimate of drug-likeness (QED) is 0.282.